The van der Waals surface area contributed by atoms with E-state index in [4.69, 9.17) is 4.74 Å². The Morgan fingerprint density at radius 3 is 2.48 bits per heavy atom. The first-order chi connectivity index (χ1) is 11.8. The number of rotatable bonds is 6. The molecule has 0 aromatic heterocycles. The highest BCUT2D eigenvalue weighted by atomic mass is 79.9. The van der Waals surface area contributed by atoms with Crippen molar-refractivity contribution < 1.29 is 17.9 Å². The van der Waals surface area contributed by atoms with E-state index in [0.29, 0.717) is 5.75 Å². The van der Waals surface area contributed by atoms with Gasteiger partial charge in [-0.05, 0) is 59.6 Å². The molecule has 0 saturated heterocycles. The second-order valence-corrected chi connectivity index (χ2v) is 9.07. The molecule has 0 aliphatic carbocycles. The summed E-state index contributed by atoms with van der Waals surface area (Å²) in [6.45, 7) is 3.47. The number of hydrogen-bond donors (Lipinski definition) is 1. The van der Waals surface area contributed by atoms with Crippen LogP contribution in [0.15, 0.2) is 51.8 Å². The van der Waals surface area contributed by atoms with Crippen LogP contribution in [0.5, 0.6) is 5.75 Å². The van der Waals surface area contributed by atoms with E-state index in [1.54, 1.807) is 39.2 Å². The van der Waals surface area contributed by atoms with Gasteiger partial charge in [0, 0.05) is 6.54 Å². The molecule has 7 heteroatoms. The summed E-state index contributed by atoms with van der Waals surface area (Å²) in [5.41, 5.74) is 1.02. The van der Waals surface area contributed by atoms with Crippen LogP contribution in [0.4, 0.5) is 0 Å². The summed E-state index contributed by atoms with van der Waals surface area (Å²) in [4.78, 5) is 12.6. The minimum absolute atomic E-state index is 0.0541. The fraction of sp³-hybridized carbons (Fsp3) is 0.278. The van der Waals surface area contributed by atoms with Crippen LogP contribution in [-0.4, -0.2) is 26.7 Å². The molecule has 134 valence electrons. The molecule has 0 unspecified atom stereocenters. The number of halogens is 1. The number of benzene rings is 2. The van der Waals surface area contributed by atoms with Gasteiger partial charge < -0.3 is 10.1 Å². The molecule has 0 heterocycles. The number of ether oxygens (including phenoxy) is 1. The molecule has 0 aliphatic heterocycles. The van der Waals surface area contributed by atoms with Gasteiger partial charge in [0.1, 0.15) is 5.75 Å². The molecule has 2 aromatic carbocycles. The lowest BCUT2D eigenvalue weighted by atomic mass is 10.2. The zero-order chi connectivity index (χ0) is 18.6. The van der Waals surface area contributed by atoms with Crippen molar-refractivity contribution >= 4 is 31.7 Å². The molecule has 0 fully saturated rings. The third-order valence-electron chi connectivity index (χ3n) is 3.73. The monoisotopic (exact) mass is 425 g/mol. The number of nitrogens with one attached hydrogen (secondary N) is 1. The predicted octanol–water partition coefficient (Wildman–Crippen LogP) is 3.57. The third-order valence-corrected chi connectivity index (χ3v) is 6.56. The van der Waals surface area contributed by atoms with Crippen LogP contribution in [0.2, 0.25) is 0 Å². The van der Waals surface area contributed by atoms with E-state index in [0.717, 1.165) is 10.0 Å². The Kier molecular flexibility index (Phi) is 6.24. The minimum Gasteiger partial charge on any atom is -0.496 e. The molecule has 25 heavy (non-hydrogen) atoms. The summed E-state index contributed by atoms with van der Waals surface area (Å²) < 4.78 is 30.8. The van der Waals surface area contributed by atoms with Crippen LogP contribution in [0.3, 0.4) is 0 Å². The molecule has 0 aliphatic rings. The molecule has 1 amide bonds. The maximum absolute atomic E-state index is 12.5. The molecule has 0 atom stereocenters. The Balaban J connectivity index is 2.21. The van der Waals surface area contributed by atoms with Gasteiger partial charge in [-0.3, -0.25) is 4.79 Å². The molecule has 0 saturated carbocycles. The van der Waals surface area contributed by atoms with Crippen molar-refractivity contribution in [1.82, 2.24) is 5.32 Å². The maximum Gasteiger partial charge on any atom is 0.252 e. The average molecular weight is 426 g/mol. The summed E-state index contributed by atoms with van der Waals surface area (Å²) in [5.74, 6) is 0.273. The molecule has 0 bridgehead atoms. The number of amides is 1. The first-order valence-corrected chi connectivity index (χ1v) is 10.0. The minimum atomic E-state index is -3.54. The van der Waals surface area contributed by atoms with Crippen molar-refractivity contribution in [3.05, 3.63) is 58.1 Å². The quantitative estimate of drug-likeness (QED) is 0.767. The number of methoxy groups -OCH3 is 1. The van der Waals surface area contributed by atoms with Crippen LogP contribution < -0.4 is 10.1 Å². The summed E-state index contributed by atoms with van der Waals surface area (Å²) in [7, 11) is -1.96. The highest BCUT2D eigenvalue weighted by molar-refractivity contribution is 9.10. The van der Waals surface area contributed by atoms with E-state index >= 15 is 0 Å². The van der Waals surface area contributed by atoms with Crippen LogP contribution in [-0.2, 0) is 16.4 Å². The van der Waals surface area contributed by atoms with Gasteiger partial charge in [0.25, 0.3) is 5.91 Å². The van der Waals surface area contributed by atoms with Crippen LogP contribution in [0.1, 0.15) is 29.8 Å². The van der Waals surface area contributed by atoms with Gasteiger partial charge in [-0.1, -0.05) is 18.2 Å². The van der Waals surface area contributed by atoms with Gasteiger partial charge in [0.05, 0.1) is 27.3 Å². The van der Waals surface area contributed by atoms with Gasteiger partial charge in [0.2, 0.25) is 0 Å². The second-order valence-electron chi connectivity index (χ2n) is 5.74. The fourth-order valence-electron chi connectivity index (χ4n) is 2.25. The largest absolute Gasteiger partial charge is 0.496 e. The normalized spacial score (nSPS) is 11.4. The summed E-state index contributed by atoms with van der Waals surface area (Å²) in [6, 6.07) is 11.7. The van der Waals surface area contributed by atoms with Gasteiger partial charge >= 0.3 is 0 Å². The van der Waals surface area contributed by atoms with Crippen molar-refractivity contribution in [2.45, 2.75) is 30.5 Å². The lowest BCUT2D eigenvalue weighted by molar-refractivity contribution is 0.0947. The van der Waals surface area contributed by atoms with Gasteiger partial charge in [-0.25, -0.2) is 8.42 Å². The topological polar surface area (TPSA) is 72.5 Å². The average Bonchev–Trinajstić information content (AvgIpc) is 2.59. The SMILES string of the molecule is COc1ccc(CNC(=O)c2ccccc2S(=O)(=O)C(C)C)cc1Br. The first-order valence-electron chi connectivity index (χ1n) is 7.71. The van der Waals surface area contributed by atoms with E-state index in [1.165, 1.54) is 12.1 Å². The molecule has 1 N–H and O–H groups in total. The van der Waals surface area contributed by atoms with Crippen LogP contribution in [0, 0.1) is 0 Å². The molecule has 2 aromatic rings. The summed E-state index contributed by atoms with van der Waals surface area (Å²) in [5, 5.41) is 2.17. The number of hydrogen-bond acceptors (Lipinski definition) is 4. The Morgan fingerprint density at radius 2 is 1.88 bits per heavy atom. The number of sulfone groups is 1. The van der Waals surface area contributed by atoms with Gasteiger partial charge in [0.15, 0.2) is 9.84 Å². The molecule has 0 spiro atoms. The molecule has 5 nitrogen and oxygen atoms in total. The van der Waals surface area contributed by atoms with Crippen molar-refractivity contribution in [2.24, 2.45) is 0 Å². The summed E-state index contributed by atoms with van der Waals surface area (Å²) >= 11 is 3.40. The van der Waals surface area contributed by atoms with Crippen molar-refractivity contribution in [3.8, 4) is 5.75 Å². The lowest BCUT2D eigenvalue weighted by Crippen LogP contribution is -2.26. The van der Waals surface area contributed by atoms with Crippen LogP contribution in [0.25, 0.3) is 0 Å². The van der Waals surface area contributed by atoms with Gasteiger partial charge in [-0.2, -0.15) is 0 Å². The smallest absolute Gasteiger partial charge is 0.252 e. The standard InChI is InChI=1S/C18H20BrNO4S/c1-12(2)25(22,23)17-7-5-4-6-14(17)18(21)20-11-13-8-9-16(24-3)15(19)10-13/h4-10,12H,11H2,1-3H3,(H,20,21). The number of carbonyl (C=O) groups excluding carboxylic acids is 1. The van der Waals surface area contributed by atoms with E-state index in [-0.39, 0.29) is 17.0 Å². The lowest BCUT2D eigenvalue weighted by Gasteiger charge is -2.13. The highest BCUT2D eigenvalue weighted by Gasteiger charge is 2.25. The summed E-state index contributed by atoms with van der Waals surface area (Å²) in [6.07, 6.45) is 0. The first kappa shape index (κ1) is 19.5. The molecule has 0 radical (unpaired) electrons. The van der Waals surface area contributed by atoms with E-state index in [9.17, 15) is 13.2 Å². The van der Waals surface area contributed by atoms with Crippen molar-refractivity contribution in [3.63, 3.8) is 0 Å². The van der Waals surface area contributed by atoms with Crippen LogP contribution >= 0.6 is 15.9 Å². The Morgan fingerprint density at radius 1 is 1.20 bits per heavy atom. The number of carbonyl (C=O) groups is 1. The highest BCUT2D eigenvalue weighted by Crippen LogP contribution is 2.25. The maximum atomic E-state index is 12.5. The molecule has 2 rings (SSSR count). The third kappa shape index (κ3) is 4.41. The Hall–Kier alpha value is -1.86. The zero-order valence-corrected chi connectivity index (χ0v) is 16.6. The Bertz CT molecular complexity index is 878. The van der Waals surface area contributed by atoms with Crippen molar-refractivity contribution in [1.29, 1.82) is 0 Å². The Labute approximate surface area is 156 Å². The van der Waals surface area contributed by atoms with Crippen molar-refractivity contribution in [2.75, 3.05) is 7.11 Å². The zero-order valence-electron chi connectivity index (χ0n) is 14.2. The predicted molar refractivity (Wildman–Crippen MR) is 101 cm³/mol. The van der Waals surface area contributed by atoms with E-state index < -0.39 is 21.0 Å². The fourth-order valence-corrected chi connectivity index (χ4v) is 4.09. The van der Waals surface area contributed by atoms with E-state index in [1.807, 2.05) is 12.1 Å². The molecular weight excluding hydrogens is 406 g/mol. The van der Waals surface area contributed by atoms with E-state index in [2.05, 4.69) is 21.2 Å². The van der Waals surface area contributed by atoms with Gasteiger partial charge in [-0.15, -0.1) is 0 Å². The second kappa shape index (κ2) is 8.01. The molecular formula is C18H20BrNO4S.